The molecular weight excluding hydrogens is 462 g/mol. The summed E-state index contributed by atoms with van der Waals surface area (Å²) in [6, 6.07) is 6.46. The van der Waals surface area contributed by atoms with Crippen molar-refractivity contribution in [1.29, 1.82) is 0 Å². The van der Waals surface area contributed by atoms with Crippen molar-refractivity contribution in [2.24, 2.45) is 16.7 Å². The minimum atomic E-state index is -0.718. The second kappa shape index (κ2) is 8.34. The number of methoxy groups -OCH3 is 1. The van der Waals surface area contributed by atoms with Crippen LogP contribution in [-0.2, 0) is 26.2 Å². The molecule has 1 heterocycles. The maximum Gasteiger partial charge on any atom is 0.309 e. The van der Waals surface area contributed by atoms with Crippen LogP contribution in [0.5, 0.6) is 0 Å². The van der Waals surface area contributed by atoms with Crippen molar-refractivity contribution >= 4 is 23.5 Å². The van der Waals surface area contributed by atoms with Crippen LogP contribution >= 0.6 is 11.6 Å². The van der Waals surface area contributed by atoms with Crippen LogP contribution in [0.4, 0.5) is 0 Å². The van der Waals surface area contributed by atoms with E-state index in [9.17, 15) is 14.7 Å². The monoisotopic (exact) mass is 499 g/mol. The SMILES string of the molecule is COCC1CC[C@]2(c3ccc(CCC(C)(C)C)c(Cl)c3)CC(=O)N(C34CC(C(=O)O)(C3)C4)C=C2C1. The average Bonchev–Trinajstić information content (AvgIpc) is 2.71. The number of allylic oxidation sites excluding steroid dienone is 1. The largest absolute Gasteiger partial charge is 0.481 e. The minimum absolute atomic E-state index is 0.116. The molecule has 1 aliphatic heterocycles. The van der Waals surface area contributed by atoms with Crippen molar-refractivity contribution in [1.82, 2.24) is 4.90 Å². The van der Waals surface area contributed by atoms with Crippen LogP contribution in [0, 0.1) is 16.7 Å². The van der Waals surface area contributed by atoms with E-state index < -0.39 is 11.4 Å². The van der Waals surface area contributed by atoms with E-state index in [2.05, 4.69) is 45.2 Å². The molecule has 4 fully saturated rings. The number of carboxylic acids is 1. The van der Waals surface area contributed by atoms with Crippen LogP contribution in [0.1, 0.15) is 83.3 Å². The number of aryl methyl sites for hydroxylation is 1. The predicted octanol–water partition coefficient (Wildman–Crippen LogP) is 6.13. The Bertz CT molecular complexity index is 1070. The molecule has 2 atom stereocenters. The molecule has 1 unspecified atom stereocenters. The number of amides is 1. The molecule has 4 aliphatic carbocycles. The summed E-state index contributed by atoms with van der Waals surface area (Å²) in [6.07, 6.45) is 9.06. The number of carbonyl (C=O) groups excluding carboxylic acids is 1. The van der Waals surface area contributed by atoms with Gasteiger partial charge in [0.05, 0.1) is 11.0 Å². The van der Waals surface area contributed by atoms with Gasteiger partial charge in [-0.2, -0.15) is 0 Å². The van der Waals surface area contributed by atoms with Crippen LogP contribution in [0.15, 0.2) is 30.0 Å². The first-order valence-electron chi connectivity index (χ1n) is 13.0. The highest BCUT2D eigenvalue weighted by molar-refractivity contribution is 6.31. The Morgan fingerprint density at radius 1 is 1.26 bits per heavy atom. The number of rotatable bonds is 7. The average molecular weight is 500 g/mol. The van der Waals surface area contributed by atoms with E-state index in [1.54, 1.807) is 7.11 Å². The molecule has 5 nitrogen and oxygen atoms in total. The summed E-state index contributed by atoms with van der Waals surface area (Å²) in [7, 11) is 1.75. The Kier molecular flexibility index (Phi) is 5.92. The number of halogens is 1. The Labute approximate surface area is 213 Å². The van der Waals surface area contributed by atoms with E-state index in [-0.39, 0.29) is 22.3 Å². The first kappa shape index (κ1) is 24.8. The number of hydrogen-bond acceptors (Lipinski definition) is 3. The van der Waals surface area contributed by atoms with E-state index in [0.29, 0.717) is 38.2 Å². The number of benzene rings is 1. The summed E-state index contributed by atoms with van der Waals surface area (Å²) in [5, 5.41) is 10.4. The van der Waals surface area contributed by atoms with Crippen molar-refractivity contribution in [3.8, 4) is 0 Å². The van der Waals surface area contributed by atoms with Gasteiger partial charge in [0.1, 0.15) is 0 Å². The lowest BCUT2D eigenvalue weighted by Crippen LogP contribution is -2.77. The molecule has 4 saturated carbocycles. The number of ether oxygens (including phenoxy) is 1. The predicted molar refractivity (Wildman–Crippen MR) is 136 cm³/mol. The van der Waals surface area contributed by atoms with Gasteiger partial charge in [0.25, 0.3) is 0 Å². The molecule has 35 heavy (non-hydrogen) atoms. The number of fused-ring (bicyclic) bond motifs is 1. The molecular formula is C29H38ClNO4. The van der Waals surface area contributed by atoms with Gasteiger partial charge in [-0.1, -0.05) is 44.5 Å². The third-order valence-electron chi connectivity index (χ3n) is 9.23. The summed E-state index contributed by atoms with van der Waals surface area (Å²) >= 11 is 6.81. The fourth-order valence-electron chi connectivity index (χ4n) is 7.15. The third kappa shape index (κ3) is 4.03. The normalized spacial score (nSPS) is 34.0. The molecule has 1 aromatic carbocycles. The summed E-state index contributed by atoms with van der Waals surface area (Å²) in [5.74, 6) is -0.176. The van der Waals surface area contributed by atoms with E-state index >= 15 is 0 Å². The van der Waals surface area contributed by atoms with Gasteiger partial charge in [-0.3, -0.25) is 9.59 Å². The topological polar surface area (TPSA) is 66.8 Å². The summed E-state index contributed by atoms with van der Waals surface area (Å²) < 4.78 is 5.49. The molecule has 1 amide bonds. The minimum Gasteiger partial charge on any atom is -0.481 e. The Morgan fingerprint density at radius 3 is 2.57 bits per heavy atom. The van der Waals surface area contributed by atoms with E-state index in [1.807, 2.05) is 4.90 Å². The highest BCUT2D eigenvalue weighted by Crippen LogP contribution is 2.71. The zero-order valence-corrected chi connectivity index (χ0v) is 22.2. The molecule has 0 radical (unpaired) electrons. The lowest BCUT2D eigenvalue weighted by molar-refractivity contribution is -0.224. The molecule has 0 saturated heterocycles. The first-order valence-corrected chi connectivity index (χ1v) is 13.3. The molecule has 6 rings (SSSR count). The van der Waals surface area contributed by atoms with Gasteiger partial charge >= 0.3 is 5.97 Å². The van der Waals surface area contributed by atoms with Crippen molar-refractivity contribution in [2.75, 3.05) is 13.7 Å². The molecule has 0 spiro atoms. The quantitative estimate of drug-likeness (QED) is 0.490. The lowest BCUT2D eigenvalue weighted by atomic mass is 9.38. The van der Waals surface area contributed by atoms with Crippen LogP contribution in [0.3, 0.4) is 0 Å². The molecule has 190 valence electrons. The van der Waals surface area contributed by atoms with Gasteiger partial charge in [0.2, 0.25) is 5.91 Å². The van der Waals surface area contributed by atoms with Crippen LogP contribution in [0.2, 0.25) is 5.02 Å². The second-order valence-electron chi connectivity index (χ2n) is 12.9. The number of carbonyl (C=O) groups is 2. The molecule has 1 N–H and O–H groups in total. The zero-order chi connectivity index (χ0) is 25.2. The Balaban J connectivity index is 1.46. The van der Waals surface area contributed by atoms with Crippen LogP contribution in [0.25, 0.3) is 0 Å². The van der Waals surface area contributed by atoms with Crippen LogP contribution in [-0.4, -0.2) is 41.1 Å². The smallest absolute Gasteiger partial charge is 0.309 e. The van der Waals surface area contributed by atoms with Crippen molar-refractivity contribution in [2.45, 2.75) is 89.5 Å². The van der Waals surface area contributed by atoms with E-state index in [4.69, 9.17) is 16.3 Å². The van der Waals surface area contributed by atoms with Gasteiger partial charge in [0.15, 0.2) is 0 Å². The summed E-state index contributed by atoms with van der Waals surface area (Å²) in [6.45, 7) is 7.44. The van der Waals surface area contributed by atoms with Crippen molar-refractivity contribution < 1.29 is 19.4 Å². The summed E-state index contributed by atoms with van der Waals surface area (Å²) in [4.78, 5) is 27.2. The second-order valence-corrected chi connectivity index (χ2v) is 13.4. The Hall–Kier alpha value is -1.85. The number of nitrogens with zero attached hydrogens (tertiary/aromatic N) is 1. The number of carboxylic acid groups (broad SMARTS) is 1. The highest BCUT2D eigenvalue weighted by atomic mass is 35.5. The molecule has 1 aromatic rings. The van der Waals surface area contributed by atoms with Gasteiger partial charge in [-0.25, -0.2) is 0 Å². The van der Waals surface area contributed by atoms with Gasteiger partial charge < -0.3 is 14.7 Å². The van der Waals surface area contributed by atoms with E-state index in [1.165, 1.54) is 5.57 Å². The number of aliphatic carboxylic acids is 1. The molecule has 5 aliphatic rings. The Morgan fingerprint density at radius 2 is 1.97 bits per heavy atom. The summed E-state index contributed by atoms with van der Waals surface area (Å²) in [5.41, 5.74) is 2.59. The van der Waals surface area contributed by atoms with Gasteiger partial charge in [0, 0.05) is 36.8 Å². The van der Waals surface area contributed by atoms with Crippen LogP contribution < -0.4 is 0 Å². The maximum atomic E-state index is 13.6. The standard InChI is InChI=1S/C29H38ClNO4/c1-26(2,3)9-8-20-5-6-21(12-23(20)30)29-10-7-19(15-35-4)11-22(29)14-31(24(32)13-29)28-16-27(17-28,18-28)25(33)34/h5-6,12,14,19H,7-11,13,15-18H2,1-4H3,(H,33,34)/t19?,27?,28?,29-/m1/s1. The van der Waals surface area contributed by atoms with Gasteiger partial charge in [-0.05, 0) is 85.5 Å². The van der Waals surface area contributed by atoms with E-state index in [0.717, 1.165) is 48.3 Å². The molecule has 2 bridgehead atoms. The zero-order valence-electron chi connectivity index (χ0n) is 21.5. The lowest BCUT2D eigenvalue weighted by Gasteiger charge is -2.71. The molecule has 0 aromatic heterocycles. The van der Waals surface area contributed by atoms with Crippen molar-refractivity contribution in [3.63, 3.8) is 0 Å². The van der Waals surface area contributed by atoms with Crippen molar-refractivity contribution in [3.05, 3.63) is 46.1 Å². The fourth-order valence-corrected chi connectivity index (χ4v) is 7.43. The maximum absolute atomic E-state index is 13.6. The fraction of sp³-hybridized carbons (Fsp3) is 0.655. The number of hydrogen-bond donors (Lipinski definition) is 1. The first-order chi connectivity index (χ1) is 16.4. The van der Waals surface area contributed by atoms with Gasteiger partial charge in [-0.15, -0.1) is 0 Å². The molecule has 6 heteroatoms. The third-order valence-corrected chi connectivity index (χ3v) is 9.58. The highest BCUT2D eigenvalue weighted by Gasteiger charge is 2.75.